The quantitative estimate of drug-likeness (QED) is 0.728. The van der Waals surface area contributed by atoms with Gasteiger partial charge in [0.2, 0.25) is 0 Å². The molecule has 0 aliphatic carbocycles. The lowest BCUT2D eigenvalue weighted by atomic mass is 9.96. The summed E-state index contributed by atoms with van der Waals surface area (Å²) in [7, 11) is 0. The highest BCUT2D eigenvalue weighted by Gasteiger charge is 2.22. The van der Waals surface area contributed by atoms with Gasteiger partial charge < -0.3 is 4.52 Å². The summed E-state index contributed by atoms with van der Waals surface area (Å²) in [5.41, 5.74) is 0.904. The molecule has 0 bridgehead atoms. The van der Waals surface area contributed by atoms with Crippen molar-refractivity contribution >= 4 is 11.6 Å². The molecule has 0 aliphatic heterocycles. The normalized spacial score (nSPS) is 11.7. The zero-order chi connectivity index (χ0) is 17.3. The Labute approximate surface area is 144 Å². The molecule has 0 aliphatic rings. The average molecular weight is 345 g/mol. The molecule has 2 heterocycles. The van der Waals surface area contributed by atoms with Gasteiger partial charge >= 0.3 is 0 Å². The largest absolute Gasteiger partial charge is 0.332 e. The Morgan fingerprint density at radius 1 is 1.21 bits per heavy atom. The predicted octanol–water partition coefficient (Wildman–Crippen LogP) is 3.29. The van der Waals surface area contributed by atoms with Gasteiger partial charge in [0, 0.05) is 16.5 Å². The van der Waals surface area contributed by atoms with Crippen LogP contribution < -0.4 is 5.56 Å². The van der Waals surface area contributed by atoms with Gasteiger partial charge in [-0.25, -0.2) is 4.68 Å². The van der Waals surface area contributed by atoms with Crippen LogP contribution in [0, 0.1) is 0 Å². The summed E-state index contributed by atoms with van der Waals surface area (Å²) in [5, 5.41) is 8.92. The molecular formula is C17H17ClN4O2. The summed E-state index contributed by atoms with van der Waals surface area (Å²) < 4.78 is 6.63. The molecule has 0 spiro atoms. The average Bonchev–Trinajstić information content (AvgIpc) is 2.99. The molecule has 7 heteroatoms. The van der Waals surface area contributed by atoms with Crippen LogP contribution in [0.3, 0.4) is 0 Å². The lowest BCUT2D eigenvalue weighted by Gasteiger charge is -2.10. The van der Waals surface area contributed by atoms with Crippen LogP contribution in [0.2, 0.25) is 5.02 Å². The van der Waals surface area contributed by atoms with Gasteiger partial charge in [-0.1, -0.05) is 49.7 Å². The maximum absolute atomic E-state index is 12.1. The molecule has 1 aromatic carbocycles. The number of benzene rings is 1. The van der Waals surface area contributed by atoms with Crippen molar-refractivity contribution in [1.82, 2.24) is 19.9 Å². The summed E-state index contributed by atoms with van der Waals surface area (Å²) in [6.45, 7) is 6.30. The Kier molecular flexibility index (Phi) is 4.24. The van der Waals surface area contributed by atoms with E-state index in [4.69, 9.17) is 16.1 Å². The SMILES string of the molecule is CC(C)(C)c1noc(-c2ccc(=O)n(Cc3cccc(Cl)c3)n2)n1. The van der Waals surface area contributed by atoms with Crippen molar-refractivity contribution < 1.29 is 4.52 Å². The molecule has 0 unspecified atom stereocenters. The van der Waals surface area contributed by atoms with E-state index in [9.17, 15) is 4.79 Å². The topological polar surface area (TPSA) is 73.8 Å². The van der Waals surface area contributed by atoms with Crippen molar-refractivity contribution in [2.75, 3.05) is 0 Å². The fraction of sp³-hybridized carbons (Fsp3) is 0.294. The Balaban J connectivity index is 1.94. The van der Waals surface area contributed by atoms with E-state index in [1.807, 2.05) is 32.9 Å². The standard InChI is InChI=1S/C17H17ClN4O2/c1-17(2,3)16-19-15(24-21-16)13-7-8-14(23)22(20-13)10-11-5-4-6-12(18)9-11/h4-9H,10H2,1-3H3. The van der Waals surface area contributed by atoms with Crippen molar-refractivity contribution in [2.45, 2.75) is 32.7 Å². The second-order valence-corrected chi connectivity index (χ2v) is 6.95. The molecule has 0 fully saturated rings. The predicted molar refractivity (Wildman–Crippen MR) is 91.0 cm³/mol. The molecule has 0 N–H and O–H groups in total. The van der Waals surface area contributed by atoms with Crippen molar-refractivity contribution in [3.05, 3.63) is 63.2 Å². The van der Waals surface area contributed by atoms with Crippen LogP contribution in [-0.4, -0.2) is 19.9 Å². The van der Waals surface area contributed by atoms with Gasteiger partial charge in [0.15, 0.2) is 5.82 Å². The van der Waals surface area contributed by atoms with E-state index in [0.717, 1.165) is 5.56 Å². The van der Waals surface area contributed by atoms with Crippen LogP contribution in [0.25, 0.3) is 11.6 Å². The Bertz CT molecular complexity index is 925. The highest BCUT2D eigenvalue weighted by molar-refractivity contribution is 6.30. The number of nitrogens with zero attached hydrogens (tertiary/aromatic N) is 4. The molecule has 0 radical (unpaired) electrons. The maximum Gasteiger partial charge on any atom is 0.278 e. The fourth-order valence-corrected chi connectivity index (χ4v) is 2.33. The minimum Gasteiger partial charge on any atom is -0.332 e. The summed E-state index contributed by atoms with van der Waals surface area (Å²) in [5.74, 6) is 0.881. The van der Waals surface area contributed by atoms with Crippen molar-refractivity contribution in [1.29, 1.82) is 0 Å². The molecular weight excluding hydrogens is 328 g/mol. The van der Waals surface area contributed by atoms with Gasteiger partial charge in [-0.2, -0.15) is 10.1 Å². The highest BCUT2D eigenvalue weighted by atomic mass is 35.5. The zero-order valence-electron chi connectivity index (χ0n) is 13.7. The van der Waals surface area contributed by atoms with Crippen molar-refractivity contribution in [3.63, 3.8) is 0 Å². The second kappa shape index (κ2) is 6.20. The van der Waals surface area contributed by atoms with Crippen LogP contribution in [0.1, 0.15) is 32.2 Å². The monoisotopic (exact) mass is 344 g/mol. The van der Waals surface area contributed by atoms with E-state index in [-0.39, 0.29) is 11.0 Å². The van der Waals surface area contributed by atoms with Gasteiger partial charge in [0.25, 0.3) is 11.4 Å². The summed E-state index contributed by atoms with van der Waals surface area (Å²) >= 11 is 5.98. The first-order valence-corrected chi connectivity index (χ1v) is 7.88. The third kappa shape index (κ3) is 3.54. The third-order valence-corrected chi connectivity index (χ3v) is 3.64. The van der Waals surface area contributed by atoms with E-state index in [1.165, 1.54) is 10.7 Å². The van der Waals surface area contributed by atoms with Crippen LogP contribution in [0.15, 0.2) is 45.7 Å². The molecule has 0 saturated carbocycles. The molecule has 0 atom stereocenters. The summed E-state index contributed by atoms with van der Waals surface area (Å²) in [6, 6.07) is 10.3. The Morgan fingerprint density at radius 2 is 2.00 bits per heavy atom. The zero-order valence-corrected chi connectivity index (χ0v) is 14.4. The van der Waals surface area contributed by atoms with E-state index in [0.29, 0.717) is 29.0 Å². The van der Waals surface area contributed by atoms with E-state index in [1.54, 1.807) is 18.2 Å². The Hall–Kier alpha value is -2.47. The first-order valence-electron chi connectivity index (χ1n) is 7.50. The van der Waals surface area contributed by atoms with Crippen molar-refractivity contribution in [3.8, 4) is 11.6 Å². The van der Waals surface area contributed by atoms with Crippen LogP contribution in [-0.2, 0) is 12.0 Å². The molecule has 2 aromatic heterocycles. The maximum atomic E-state index is 12.1. The molecule has 6 nitrogen and oxygen atoms in total. The van der Waals surface area contributed by atoms with E-state index < -0.39 is 0 Å². The molecule has 124 valence electrons. The van der Waals surface area contributed by atoms with Crippen LogP contribution in [0.5, 0.6) is 0 Å². The van der Waals surface area contributed by atoms with Gasteiger partial charge in [-0.3, -0.25) is 4.79 Å². The molecule has 3 aromatic rings. The number of rotatable bonds is 3. The van der Waals surface area contributed by atoms with Gasteiger partial charge in [-0.15, -0.1) is 0 Å². The highest BCUT2D eigenvalue weighted by Crippen LogP contribution is 2.22. The molecule has 3 rings (SSSR count). The van der Waals surface area contributed by atoms with Gasteiger partial charge in [0.1, 0.15) is 5.69 Å². The van der Waals surface area contributed by atoms with Crippen molar-refractivity contribution in [2.24, 2.45) is 0 Å². The van der Waals surface area contributed by atoms with Crippen LogP contribution >= 0.6 is 11.6 Å². The lowest BCUT2D eigenvalue weighted by Crippen LogP contribution is -2.22. The molecule has 24 heavy (non-hydrogen) atoms. The summed E-state index contributed by atoms with van der Waals surface area (Å²) in [4.78, 5) is 16.4. The smallest absolute Gasteiger partial charge is 0.278 e. The van der Waals surface area contributed by atoms with Gasteiger partial charge in [-0.05, 0) is 23.8 Å². The molecule has 0 amide bonds. The minimum atomic E-state index is -0.225. The van der Waals surface area contributed by atoms with E-state index in [2.05, 4.69) is 15.2 Å². The number of hydrogen-bond acceptors (Lipinski definition) is 5. The second-order valence-electron chi connectivity index (χ2n) is 6.52. The summed E-state index contributed by atoms with van der Waals surface area (Å²) in [6.07, 6.45) is 0. The number of hydrogen-bond donors (Lipinski definition) is 0. The van der Waals surface area contributed by atoms with E-state index >= 15 is 0 Å². The lowest BCUT2D eigenvalue weighted by molar-refractivity contribution is 0.400. The first kappa shape index (κ1) is 16.4. The molecule has 0 saturated heterocycles. The fourth-order valence-electron chi connectivity index (χ4n) is 2.12. The van der Waals surface area contributed by atoms with Gasteiger partial charge in [0.05, 0.1) is 6.54 Å². The minimum absolute atomic E-state index is 0.214. The number of halogens is 1. The first-order chi connectivity index (χ1) is 11.3. The number of aromatic nitrogens is 4. The Morgan fingerprint density at radius 3 is 2.67 bits per heavy atom. The third-order valence-electron chi connectivity index (χ3n) is 3.40. The van der Waals surface area contributed by atoms with Crippen LogP contribution in [0.4, 0.5) is 0 Å².